The van der Waals surface area contributed by atoms with Gasteiger partial charge in [-0.1, -0.05) is 212 Å². The van der Waals surface area contributed by atoms with E-state index in [9.17, 15) is 0 Å². The molecule has 0 radical (unpaired) electrons. The van der Waals surface area contributed by atoms with Gasteiger partial charge in [-0.2, -0.15) is 0 Å². The number of benzene rings is 16. The van der Waals surface area contributed by atoms with Gasteiger partial charge in [0, 0.05) is 106 Å². The minimum Gasteiger partial charge on any atom is -0.309 e. The third-order valence-corrected chi connectivity index (χ3v) is 23.3. The van der Waals surface area contributed by atoms with Crippen LogP contribution in [-0.4, -0.2) is 18.3 Å². The summed E-state index contributed by atoms with van der Waals surface area (Å²) in [7, 11) is 0. The van der Waals surface area contributed by atoms with E-state index in [1.54, 1.807) is 0 Å². The zero-order valence-electron chi connectivity index (χ0n) is 55.2. The van der Waals surface area contributed by atoms with Crippen molar-refractivity contribution in [3.05, 3.63) is 364 Å². The Morgan fingerprint density at radius 1 is 0.137 bits per heavy atom. The highest BCUT2D eigenvalue weighted by Crippen LogP contribution is 2.44. The van der Waals surface area contributed by atoms with Crippen LogP contribution in [0.2, 0.25) is 0 Å². The molecule has 0 saturated heterocycles. The van der Waals surface area contributed by atoms with Gasteiger partial charge in [-0.25, -0.2) is 0 Å². The zero-order chi connectivity index (χ0) is 66.9. The Morgan fingerprint density at radius 3 is 0.784 bits per heavy atom. The molecule has 476 valence electrons. The lowest BCUT2D eigenvalue weighted by Gasteiger charge is -2.10. The fraction of sp³-hybridized carbons (Fsp3) is 0. The van der Waals surface area contributed by atoms with Crippen molar-refractivity contribution in [3.63, 3.8) is 0 Å². The Bertz CT molecular complexity index is 7090. The summed E-state index contributed by atoms with van der Waals surface area (Å²) < 4.78 is 14.9. The second-order valence-electron chi connectivity index (χ2n) is 26.7. The summed E-state index contributed by atoms with van der Waals surface area (Å²) in [6, 6.07) is 133. The molecule has 0 N–H and O–H groups in total. The third-order valence-electron chi connectivity index (χ3n) is 21.1. The highest BCUT2D eigenvalue weighted by Gasteiger charge is 2.20. The van der Waals surface area contributed by atoms with E-state index in [1.807, 2.05) is 22.7 Å². The van der Waals surface area contributed by atoms with Crippen molar-refractivity contribution in [3.8, 4) is 67.3 Å². The highest BCUT2D eigenvalue weighted by atomic mass is 32.1. The summed E-state index contributed by atoms with van der Waals surface area (Å²) >= 11 is 3.73. The summed E-state index contributed by atoms with van der Waals surface area (Å²) in [5.41, 5.74) is 24.2. The van der Waals surface area contributed by atoms with Crippen molar-refractivity contribution in [1.29, 1.82) is 0 Å². The van der Waals surface area contributed by atoms with Crippen LogP contribution in [0.5, 0.6) is 0 Å². The zero-order valence-corrected chi connectivity index (χ0v) is 56.9. The van der Waals surface area contributed by atoms with Crippen LogP contribution in [0.4, 0.5) is 0 Å². The van der Waals surface area contributed by atoms with E-state index in [4.69, 9.17) is 0 Å². The largest absolute Gasteiger partial charge is 0.309 e. The summed E-state index contributed by atoms with van der Waals surface area (Å²) in [6.07, 6.45) is 0. The number of hydrogen-bond donors (Lipinski definition) is 0. The summed E-state index contributed by atoms with van der Waals surface area (Å²) in [4.78, 5) is 0. The molecule has 0 saturated carbocycles. The average Bonchev–Trinajstić information content (AvgIpc) is 1.60. The van der Waals surface area contributed by atoms with Crippen molar-refractivity contribution in [2.75, 3.05) is 0 Å². The molecule has 0 aliphatic rings. The number of aromatic nitrogens is 4. The Hall–Kier alpha value is -12.8. The molecule has 0 spiro atoms. The first kappa shape index (κ1) is 58.2. The molecule has 0 aliphatic heterocycles. The number of nitrogens with zero attached hydrogens (tertiary/aromatic N) is 4. The monoisotopic (exact) mass is 1330 g/mol. The molecule has 4 nitrogen and oxygen atoms in total. The number of thiophene rings is 2. The van der Waals surface area contributed by atoms with Crippen LogP contribution >= 0.6 is 22.7 Å². The summed E-state index contributed by atoms with van der Waals surface area (Å²) in [6.45, 7) is 0. The molecule has 0 amide bonds. The number of fused-ring (bicyclic) bond motifs is 18. The average molecular weight is 1330 g/mol. The normalized spacial score (nSPS) is 11.9. The van der Waals surface area contributed by atoms with Crippen molar-refractivity contribution in [1.82, 2.24) is 18.3 Å². The minimum atomic E-state index is 1.16. The molecule has 6 aromatic heterocycles. The molecule has 0 aliphatic carbocycles. The molecule has 22 aromatic rings. The molecule has 102 heavy (non-hydrogen) atoms. The Kier molecular flexibility index (Phi) is 13.3. The van der Waals surface area contributed by atoms with Crippen molar-refractivity contribution in [2.45, 2.75) is 0 Å². The van der Waals surface area contributed by atoms with Crippen LogP contribution in [0.3, 0.4) is 0 Å². The molecule has 22 rings (SSSR count). The molecule has 16 aromatic carbocycles. The molecular formula is C96H60N4S2. The maximum Gasteiger partial charge on any atom is 0.0541 e. The fourth-order valence-corrected chi connectivity index (χ4v) is 18.5. The Labute approximate surface area is 595 Å². The standard InChI is InChI=1S/2C48H30N2S/c1-2-10-35(11-3-1)49-43-15-7-4-12-37(43)40-28-33(20-25-45(40)49)34-21-26-46-41(29-34)38-13-5-8-16-44(38)50(46)36-23-18-31(19-24-36)32-22-27-48-42(30-32)39-14-6-9-17-47(39)51-48;1-2-10-35(11-3-1)49-43-15-7-4-12-37(43)41-28-32(21-26-45(41)49)33-22-27-46-42(29-33)38-13-5-8-16-44(38)50(46)36-23-18-31(19-24-36)34-20-25-40-39-14-6-9-17-47(39)51-48(40)30-34/h2*1-30H. The minimum absolute atomic E-state index is 1.16. The summed E-state index contributed by atoms with van der Waals surface area (Å²) in [5.74, 6) is 0. The molecule has 0 bridgehead atoms. The lowest BCUT2D eigenvalue weighted by molar-refractivity contribution is 1.18. The van der Waals surface area contributed by atoms with Gasteiger partial charge in [-0.15, -0.1) is 22.7 Å². The van der Waals surface area contributed by atoms with E-state index < -0.39 is 0 Å². The van der Waals surface area contributed by atoms with Gasteiger partial charge < -0.3 is 18.3 Å². The van der Waals surface area contributed by atoms with Crippen LogP contribution in [0.15, 0.2) is 364 Å². The van der Waals surface area contributed by atoms with Crippen molar-refractivity contribution < 1.29 is 0 Å². The van der Waals surface area contributed by atoms with E-state index in [1.165, 1.54) is 183 Å². The predicted octanol–water partition coefficient (Wildman–Crippen LogP) is 27.2. The van der Waals surface area contributed by atoms with Crippen molar-refractivity contribution >= 4 is 150 Å². The van der Waals surface area contributed by atoms with Gasteiger partial charge in [0.25, 0.3) is 0 Å². The van der Waals surface area contributed by atoms with E-state index >= 15 is 0 Å². The third kappa shape index (κ3) is 9.34. The molecule has 0 unspecified atom stereocenters. The van der Waals surface area contributed by atoms with Crippen molar-refractivity contribution in [2.24, 2.45) is 0 Å². The molecule has 6 heterocycles. The van der Waals surface area contributed by atoms with Gasteiger partial charge in [-0.3, -0.25) is 0 Å². The Morgan fingerprint density at radius 2 is 0.382 bits per heavy atom. The van der Waals surface area contributed by atoms with Crippen LogP contribution in [-0.2, 0) is 0 Å². The number of rotatable bonds is 8. The first-order valence-electron chi connectivity index (χ1n) is 34.9. The smallest absolute Gasteiger partial charge is 0.0541 e. The topological polar surface area (TPSA) is 19.7 Å². The first-order chi connectivity index (χ1) is 50.6. The van der Waals surface area contributed by atoms with Gasteiger partial charge in [-0.05, 0) is 196 Å². The van der Waals surface area contributed by atoms with Gasteiger partial charge in [0.15, 0.2) is 0 Å². The predicted molar refractivity (Wildman–Crippen MR) is 438 cm³/mol. The van der Waals surface area contributed by atoms with Gasteiger partial charge in [0.1, 0.15) is 0 Å². The molecular weight excluding hydrogens is 1270 g/mol. The van der Waals surface area contributed by atoms with Crippen LogP contribution < -0.4 is 0 Å². The SMILES string of the molecule is c1ccc(-n2c3ccccc3c3cc(-c4ccc5c(c4)c4ccccc4n5-c4ccc(-c5ccc6c(c5)sc5ccccc56)cc4)ccc32)cc1.c1ccc(-n2c3ccccc3c3cc(-c4ccc5c(c4)c4ccccc4n5-c4ccc(-c5ccc6sc7ccccc7c6c5)cc4)ccc32)cc1. The quantitative estimate of drug-likeness (QED) is 0.144. The molecule has 0 atom stereocenters. The second kappa shape index (κ2) is 23.4. The van der Waals surface area contributed by atoms with Crippen LogP contribution in [0.1, 0.15) is 0 Å². The van der Waals surface area contributed by atoms with Crippen LogP contribution in [0, 0.1) is 0 Å². The maximum atomic E-state index is 2.41. The van der Waals surface area contributed by atoms with Crippen LogP contribution in [0.25, 0.3) is 195 Å². The fourth-order valence-electron chi connectivity index (χ4n) is 16.3. The highest BCUT2D eigenvalue weighted by molar-refractivity contribution is 7.26. The number of hydrogen-bond acceptors (Lipinski definition) is 2. The lowest BCUT2D eigenvalue weighted by atomic mass is 10.0. The molecule has 0 fully saturated rings. The van der Waals surface area contributed by atoms with E-state index in [0.29, 0.717) is 0 Å². The lowest BCUT2D eigenvalue weighted by Crippen LogP contribution is -1.94. The van der Waals surface area contributed by atoms with E-state index in [0.717, 1.165) is 11.4 Å². The van der Waals surface area contributed by atoms with Gasteiger partial charge in [0.2, 0.25) is 0 Å². The van der Waals surface area contributed by atoms with E-state index in [-0.39, 0.29) is 0 Å². The Balaban J connectivity index is 0.000000133. The molecule has 6 heteroatoms. The number of para-hydroxylation sites is 6. The van der Waals surface area contributed by atoms with Gasteiger partial charge >= 0.3 is 0 Å². The first-order valence-corrected chi connectivity index (χ1v) is 36.5. The second-order valence-corrected chi connectivity index (χ2v) is 28.9. The summed E-state index contributed by atoms with van der Waals surface area (Å²) in [5, 5.41) is 15.4. The maximum absolute atomic E-state index is 2.41. The van der Waals surface area contributed by atoms with Gasteiger partial charge in [0.05, 0.1) is 44.1 Å². The van der Waals surface area contributed by atoms with E-state index in [2.05, 4.69) is 382 Å².